The average Bonchev–Trinajstić information content (AvgIpc) is 2.83. The quantitative estimate of drug-likeness (QED) is 0.248. The Morgan fingerprint density at radius 2 is 1.61 bits per heavy atom. The highest BCUT2D eigenvalue weighted by Gasteiger charge is 2.31. The van der Waals surface area contributed by atoms with Gasteiger partial charge in [0.1, 0.15) is 18.1 Å². The second-order valence-electron chi connectivity index (χ2n) is 8.16. The minimum absolute atomic E-state index is 0.0928. The number of carboxylic acids is 1. The third-order valence-electron chi connectivity index (χ3n) is 5.49. The van der Waals surface area contributed by atoms with E-state index >= 15 is 0 Å². The molecule has 0 radical (unpaired) electrons. The number of benzene rings is 2. The Morgan fingerprint density at radius 3 is 2.25 bits per heavy atom. The van der Waals surface area contributed by atoms with Crippen LogP contribution in [0, 0.1) is 0 Å². The van der Waals surface area contributed by atoms with E-state index < -0.39 is 59.5 Å². The first-order valence-corrected chi connectivity index (χ1v) is 11.0. The van der Waals surface area contributed by atoms with Gasteiger partial charge < -0.3 is 26.5 Å². The number of amides is 3. The fraction of sp³-hybridized carbons (Fsp3) is 0.250. The molecule has 0 aliphatic rings. The van der Waals surface area contributed by atoms with Crippen LogP contribution in [0.3, 0.4) is 0 Å². The zero-order valence-electron chi connectivity index (χ0n) is 19.3. The first kappa shape index (κ1) is 25.9. The number of nitrogens with two attached hydrogens (primary N) is 1. The largest absolute Gasteiger partial charge is 0.480 e. The SMILES string of the molecule is CC(NC(=O)C(CC(N)=O)NC(=O)C(Cc1ccccc1)n1c(=O)[nH]c2ccccc2c1=O)C(=O)O. The minimum atomic E-state index is -1.54. The molecule has 1 aromatic heterocycles. The van der Waals surface area contributed by atoms with E-state index in [1.165, 1.54) is 13.0 Å². The molecule has 0 saturated carbocycles. The third kappa shape index (κ3) is 6.03. The van der Waals surface area contributed by atoms with E-state index in [1.54, 1.807) is 48.5 Å². The van der Waals surface area contributed by atoms with Crippen molar-refractivity contribution < 1.29 is 24.3 Å². The lowest BCUT2D eigenvalue weighted by atomic mass is 10.0. The van der Waals surface area contributed by atoms with Crippen LogP contribution in [-0.2, 0) is 25.6 Å². The lowest BCUT2D eigenvalue weighted by molar-refractivity contribution is -0.141. The van der Waals surface area contributed by atoms with E-state index in [1.807, 2.05) is 0 Å². The van der Waals surface area contributed by atoms with Gasteiger partial charge in [0.25, 0.3) is 5.56 Å². The Morgan fingerprint density at radius 1 is 0.972 bits per heavy atom. The van der Waals surface area contributed by atoms with E-state index in [9.17, 15) is 28.8 Å². The van der Waals surface area contributed by atoms with Crippen molar-refractivity contribution in [3.8, 4) is 0 Å². The molecule has 1 heterocycles. The zero-order chi connectivity index (χ0) is 26.4. The Labute approximate surface area is 204 Å². The number of nitrogens with one attached hydrogen (secondary N) is 3. The van der Waals surface area contributed by atoms with Gasteiger partial charge in [0.2, 0.25) is 17.7 Å². The fourth-order valence-corrected chi connectivity index (χ4v) is 3.65. The number of aromatic nitrogens is 2. The van der Waals surface area contributed by atoms with Crippen molar-refractivity contribution in [2.75, 3.05) is 0 Å². The summed E-state index contributed by atoms with van der Waals surface area (Å²) in [4.78, 5) is 77.5. The van der Waals surface area contributed by atoms with Gasteiger partial charge in [-0.05, 0) is 24.6 Å². The number of fused-ring (bicyclic) bond motifs is 1. The molecule has 0 bridgehead atoms. The molecule has 12 heteroatoms. The normalized spacial score (nSPS) is 13.4. The molecule has 6 N–H and O–H groups in total. The Balaban J connectivity index is 2.04. The minimum Gasteiger partial charge on any atom is -0.480 e. The van der Waals surface area contributed by atoms with Crippen molar-refractivity contribution in [3.63, 3.8) is 0 Å². The van der Waals surface area contributed by atoms with Crippen LogP contribution >= 0.6 is 0 Å². The van der Waals surface area contributed by atoms with Crippen molar-refractivity contribution >= 4 is 34.6 Å². The second kappa shape index (κ2) is 11.1. The van der Waals surface area contributed by atoms with Crippen molar-refractivity contribution in [1.82, 2.24) is 20.2 Å². The molecule has 2 aromatic carbocycles. The highest BCUT2D eigenvalue weighted by atomic mass is 16.4. The van der Waals surface area contributed by atoms with E-state index in [0.29, 0.717) is 5.56 Å². The molecule has 3 atom stereocenters. The molecule has 3 rings (SSSR count). The first-order valence-electron chi connectivity index (χ1n) is 11.0. The van der Waals surface area contributed by atoms with E-state index in [2.05, 4.69) is 15.6 Å². The first-order chi connectivity index (χ1) is 17.1. The molecule has 188 valence electrons. The predicted molar refractivity (Wildman–Crippen MR) is 129 cm³/mol. The maximum Gasteiger partial charge on any atom is 0.329 e. The van der Waals surface area contributed by atoms with Gasteiger partial charge in [-0.2, -0.15) is 0 Å². The number of hydrogen-bond acceptors (Lipinski definition) is 6. The summed E-state index contributed by atoms with van der Waals surface area (Å²) in [6.45, 7) is 1.20. The molecule has 3 unspecified atom stereocenters. The van der Waals surface area contributed by atoms with Crippen LogP contribution < -0.4 is 27.6 Å². The number of carbonyl (C=O) groups excluding carboxylic acids is 3. The molecule has 36 heavy (non-hydrogen) atoms. The van der Waals surface area contributed by atoms with Crippen molar-refractivity contribution in [2.24, 2.45) is 5.73 Å². The van der Waals surface area contributed by atoms with Crippen molar-refractivity contribution in [1.29, 1.82) is 0 Å². The van der Waals surface area contributed by atoms with Gasteiger partial charge in [-0.3, -0.25) is 24.0 Å². The highest BCUT2D eigenvalue weighted by Crippen LogP contribution is 2.14. The summed E-state index contributed by atoms with van der Waals surface area (Å²) in [5.41, 5.74) is 4.56. The van der Waals surface area contributed by atoms with Crippen LogP contribution in [0.1, 0.15) is 24.9 Å². The maximum absolute atomic E-state index is 13.4. The van der Waals surface area contributed by atoms with Gasteiger partial charge in [0, 0.05) is 6.42 Å². The van der Waals surface area contributed by atoms with Crippen LogP contribution in [-0.4, -0.2) is 50.4 Å². The summed E-state index contributed by atoms with van der Waals surface area (Å²) in [5.74, 6) is -4.14. The summed E-state index contributed by atoms with van der Waals surface area (Å²) in [7, 11) is 0. The lowest BCUT2D eigenvalue weighted by Crippen LogP contribution is -2.54. The number of H-pyrrole nitrogens is 1. The number of hydrogen-bond donors (Lipinski definition) is 5. The van der Waals surface area contributed by atoms with Crippen LogP contribution in [0.4, 0.5) is 0 Å². The number of carboxylic acid groups (broad SMARTS) is 1. The van der Waals surface area contributed by atoms with Gasteiger partial charge in [-0.25, -0.2) is 9.36 Å². The van der Waals surface area contributed by atoms with Crippen molar-refractivity contribution in [3.05, 3.63) is 81.0 Å². The number of primary amides is 1. The zero-order valence-corrected chi connectivity index (χ0v) is 19.3. The molecule has 12 nitrogen and oxygen atoms in total. The summed E-state index contributed by atoms with van der Waals surface area (Å²) < 4.78 is 0.754. The standard InChI is InChI=1S/C24H25N5O7/c1-13(23(34)35)26-20(31)17(12-19(25)30)27-21(32)18(11-14-7-3-2-4-8-14)29-22(33)15-9-5-6-10-16(15)28-24(29)36/h2-10,13,17-18H,11-12H2,1H3,(H2,25,30)(H,26,31)(H,27,32)(H,28,36)(H,34,35). The summed E-state index contributed by atoms with van der Waals surface area (Å²) in [6, 6.07) is 10.6. The number of rotatable bonds is 10. The summed E-state index contributed by atoms with van der Waals surface area (Å²) in [5, 5.41) is 13.8. The molecular formula is C24H25N5O7. The Bertz CT molecular complexity index is 1410. The van der Waals surface area contributed by atoms with Crippen LogP contribution in [0.15, 0.2) is 64.2 Å². The molecule has 0 aliphatic heterocycles. The number of nitrogens with zero attached hydrogens (tertiary/aromatic N) is 1. The van der Waals surface area contributed by atoms with Gasteiger partial charge in [0.05, 0.1) is 17.3 Å². The van der Waals surface area contributed by atoms with Gasteiger partial charge >= 0.3 is 11.7 Å². The van der Waals surface area contributed by atoms with Crippen LogP contribution in [0.5, 0.6) is 0 Å². The second-order valence-corrected chi connectivity index (χ2v) is 8.16. The topological polar surface area (TPSA) is 193 Å². The highest BCUT2D eigenvalue weighted by molar-refractivity contribution is 5.94. The number of para-hydroxylation sites is 1. The van der Waals surface area contributed by atoms with Crippen LogP contribution in [0.25, 0.3) is 10.9 Å². The molecular weight excluding hydrogens is 470 g/mol. The third-order valence-corrected chi connectivity index (χ3v) is 5.49. The number of aromatic amines is 1. The molecule has 0 fully saturated rings. The fourth-order valence-electron chi connectivity index (χ4n) is 3.65. The molecule has 0 saturated heterocycles. The van der Waals surface area contributed by atoms with E-state index in [4.69, 9.17) is 10.8 Å². The Hall–Kier alpha value is -4.74. The Kier molecular flexibility index (Phi) is 8.00. The summed E-state index contributed by atoms with van der Waals surface area (Å²) >= 11 is 0. The van der Waals surface area contributed by atoms with Crippen molar-refractivity contribution in [2.45, 2.75) is 37.9 Å². The molecule has 3 aromatic rings. The summed E-state index contributed by atoms with van der Waals surface area (Å²) in [6.07, 6.45) is -0.727. The molecule has 0 spiro atoms. The molecule has 3 amide bonds. The maximum atomic E-state index is 13.4. The monoisotopic (exact) mass is 495 g/mol. The van der Waals surface area contributed by atoms with E-state index in [-0.39, 0.29) is 17.3 Å². The van der Waals surface area contributed by atoms with Gasteiger partial charge in [-0.1, -0.05) is 42.5 Å². The average molecular weight is 495 g/mol. The number of carbonyl (C=O) groups is 4. The van der Waals surface area contributed by atoms with Gasteiger partial charge in [0.15, 0.2) is 0 Å². The predicted octanol–water partition coefficient (Wildman–Crippen LogP) is -0.577. The van der Waals surface area contributed by atoms with Crippen LogP contribution in [0.2, 0.25) is 0 Å². The lowest BCUT2D eigenvalue weighted by Gasteiger charge is -2.23. The van der Waals surface area contributed by atoms with Gasteiger partial charge in [-0.15, -0.1) is 0 Å². The smallest absolute Gasteiger partial charge is 0.329 e. The van der Waals surface area contributed by atoms with E-state index in [0.717, 1.165) is 4.57 Å². The number of aliphatic carboxylic acids is 1. The molecule has 0 aliphatic carbocycles.